The molecule has 0 saturated heterocycles. The molecular formula is C32H31NO4. The number of hydrogen-bond donors (Lipinski definition) is 1. The zero-order chi connectivity index (χ0) is 26.2. The Morgan fingerprint density at radius 3 is 2.16 bits per heavy atom. The summed E-state index contributed by atoms with van der Waals surface area (Å²) in [6.45, 7) is 2.58. The molecule has 188 valence electrons. The molecule has 0 unspecified atom stereocenters. The highest BCUT2D eigenvalue weighted by molar-refractivity contribution is 5.94. The van der Waals surface area contributed by atoms with Gasteiger partial charge in [-0.25, -0.2) is 4.79 Å². The smallest absolute Gasteiger partial charge is 0.333 e. The van der Waals surface area contributed by atoms with Gasteiger partial charge >= 0.3 is 5.97 Å². The van der Waals surface area contributed by atoms with Crippen LogP contribution in [0, 0.1) is 0 Å². The van der Waals surface area contributed by atoms with Crippen LogP contribution in [0.25, 0.3) is 22.3 Å². The zero-order valence-corrected chi connectivity index (χ0v) is 21.1. The summed E-state index contributed by atoms with van der Waals surface area (Å²) in [5.41, 5.74) is 6.65. The third kappa shape index (κ3) is 6.51. The molecule has 0 saturated carbocycles. The zero-order valence-electron chi connectivity index (χ0n) is 21.1. The van der Waals surface area contributed by atoms with Gasteiger partial charge in [-0.1, -0.05) is 84.9 Å². The van der Waals surface area contributed by atoms with Crippen molar-refractivity contribution in [3.05, 3.63) is 120 Å². The first kappa shape index (κ1) is 25.9. The monoisotopic (exact) mass is 493 g/mol. The van der Waals surface area contributed by atoms with Crippen LogP contribution in [-0.2, 0) is 22.5 Å². The van der Waals surface area contributed by atoms with Crippen LogP contribution in [-0.4, -0.2) is 41.6 Å². The summed E-state index contributed by atoms with van der Waals surface area (Å²) in [4.78, 5) is 26.4. The molecule has 4 aromatic rings. The van der Waals surface area contributed by atoms with Crippen LogP contribution in [0.4, 0.5) is 0 Å². The Bertz CT molecular complexity index is 1350. The van der Waals surface area contributed by atoms with E-state index in [0.717, 1.165) is 33.4 Å². The van der Waals surface area contributed by atoms with E-state index in [1.807, 2.05) is 97.1 Å². The van der Waals surface area contributed by atoms with Gasteiger partial charge in [-0.05, 0) is 58.5 Å². The van der Waals surface area contributed by atoms with E-state index in [4.69, 9.17) is 4.74 Å². The fourth-order valence-electron chi connectivity index (χ4n) is 4.44. The van der Waals surface area contributed by atoms with Crippen LogP contribution in [0.15, 0.2) is 103 Å². The van der Waals surface area contributed by atoms with E-state index in [0.29, 0.717) is 18.7 Å². The molecule has 4 rings (SSSR count). The molecule has 0 radical (unpaired) electrons. The third-order valence-corrected chi connectivity index (χ3v) is 6.31. The van der Waals surface area contributed by atoms with Gasteiger partial charge in [0.05, 0.1) is 0 Å². The number of carboxylic acids is 1. The Morgan fingerprint density at radius 2 is 1.46 bits per heavy atom. The van der Waals surface area contributed by atoms with Gasteiger partial charge in [-0.2, -0.15) is 0 Å². The van der Waals surface area contributed by atoms with Gasteiger partial charge in [0.2, 0.25) is 0 Å². The van der Waals surface area contributed by atoms with Crippen LogP contribution < -0.4 is 0 Å². The predicted molar refractivity (Wildman–Crippen MR) is 146 cm³/mol. The lowest BCUT2D eigenvalue weighted by Gasteiger charge is -2.19. The normalized spacial score (nSPS) is 11.6. The fraction of sp³-hybridized carbons (Fsp3) is 0.188. The summed E-state index contributed by atoms with van der Waals surface area (Å²) in [6, 6.07) is 33.5. The summed E-state index contributed by atoms with van der Waals surface area (Å²) in [7, 11) is 1.80. The number of amides is 1. The Balaban J connectivity index is 1.49. The molecule has 1 atom stereocenters. The average Bonchev–Trinajstić information content (AvgIpc) is 2.93. The first-order valence-electron chi connectivity index (χ1n) is 12.4. The molecule has 1 N–H and O–H groups in total. The van der Waals surface area contributed by atoms with Crippen LogP contribution in [0.3, 0.4) is 0 Å². The summed E-state index contributed by atoms with van der Waals surface area (Å²) < 4.78 is 5.43. The van der Waals surface area contributed by atoms with Gasteiger partial charge in [0, 0.05) is 32.2 Å². The maximum atomic E-state index is 13.1. The first-order chi connectivity index (χ1) is 18.0. The standard InChI is InChI=1S/C32H31NO4/c1-3-37-30(32(35)36)21-28-13-7-8-15-29(28)27-14-9-10-23(20-27)22-33(2)31(34)26-18-16-25(17-19-26)24-11-5-4-6-12-24/h4-20,30H,3,21-22H2,1-2H3,(H,35,36)/t30-/m0/s1. The maximum Gasteiger partial charge on any atom is 0.333 e. The van der Waals surface area contributed by atoms with E-state index >= 15 is 0 Å². The molecule has 0 aliphatic carbocycles. The van der Waals surface area contributed by atoms with Gasteiger partial charge in [0.25, 0.3) is 5.91 Å². The van der Waals surface area contributed by atoms with Crippen LogP contribution in [0.5, 0.6) is 0 Å². The highest BCUT2D eigenvalue weighted by Gasteiger charge is 2.20. The minimum absolute atomic E-state index is 0.0496. The molecule has 0 aliphatic heterocycles. The lowest BCUT2D eigenvalue weighted by Crippen LogP contribution is -2.26. The van der Waals surface area contributed by atoms with Crippen molar-refractivity contribution in [3.8, 4) is 22.3 Å². The van der Waals surface area contributed by atoms with Crippen LogP contribution in [0.1, 0.15) is 28.4 Å². The number of carboxylic acid groups (broad SMARTS) is 1. The molecule has 0 heterocycles. The van der Waals surface area contributed by atoms with Gasteiger partial charge in [-0.3, -0.25) is 4.79 Å². The first-order valence-corrected chi connectivity index (χ1v) is 12.4. The molecular weight excluding hydrogens is 462 g/mol. The molecule has 0 aliphatic rings. The largest absolute Gasteiger partial charge is 0.479 e. The molecule has 37 heavy (non-hydrogen) atoms. The lowest BCUT2D eigenvalue weighted by molar-refractivity contribution is -0.149. The van der Waals surface area contributed by atoms with E-state index in [1.54, 1.807) is 18.9 Å². The second-order valence-electron chi connectivity index (χ2n) is 8.95. The number of nitrogens with zero attached hydrogens (tertiary/aromatic N) is 1. The minimum atomic E-state index is -0.970. The van der Waals surface area contributed by atoms with E-state index in [2.05, 4.69) is 6.07 Å². The van der Waals surface area contributed by atoms with Crippen molar-refractivity contribution in [2.45, 2.75) is 26.0 Å². The Hall–Kier alpha value is -4.22. The van der Waals surface area contributed by atoms with Gasteiger partial charge in [0.1, 0.15) is 0 Å². The minimum Gasteiger partial charge on any atom is -0.479 e. The van der Waals surface area contributed by atoms with E-state index in [1.165, 1.54) is 0 Å². The third-order valence-electron chi connectivity index (χ3n) is 6.31. The molecule has 4 aromatic carbocycles. The Kier molecular flexibility index (Phi) is 8.49. The summed E-state index contributed by atoms with van der Waals surface area (Å²) in [5.74, 6) is -1.02. The SMILES string of the molecule is CCO[C@@H](Cc1ccccc1-c1cccc(CN(C)C(=O)c2ccc(-c3ccccc3)cc2)c1)C(=O)O. The molecule has 1 amide bonds. The number of carbonyl (C=O) groups excluding carboxylic acids is 1. The molecule has 0 spiro atoms. The van der Waals surface area contributed by atoms with Gasteiger partial charge < -0.3 is 14.7 Å². The number of benzene rings is 4. The second kappa shape index (κ2) is 12.2. The van der Waals surface area contributed by atoms with Crippen molar-refractivity contribution >= 4 is 11.9 Å². The van der Waals surface area contributed by atoms with Crippen LogP contribution in [0.2, 0.25) is 0 Å². The van der Waals surface area contributed by atoms with Crippen molar-refractivity contribution < 1.29 is 19.4 Å². The summed E-state index contributed by atoms with van der Waals surface area (Å²) in [6.07, 6.45) is -0.618. The van der Waals surface area contributed by atoms with Crippen molar-refractivity contribution in [2.24, 2.45) is 0 Å². The predicted octanol–water partition coefficient (Wildman–Crippen LogP) is 6.33. The Morgan fingerprint density at radius 1 is 0.811 bits per heavy atom. The van der Waals surface area contributed by atoms with E-state index < -0.39 is 12.1 Å². The maximum absolute atomic E-state index is 13.1. The second-order valence-corrected chi connectivity index (χ2v) is 8.95. The van der Waals surface area contributed by atoms with Gasteiger partial charge in [0.15, 0.2) is 6.10 Å². The molecule has 0 bridgehead atoms. The van der Waals surface area contributed by atoms with E-state index in [-0.39, 0.29) is 12.3 Å². The number of rotatable bonds is 10. The topological polar surface area (TPSA) is 66.8 Å². The highest BCUT2D eigenvalue weighted by atomic mass is 16.5. The lowest BCUT2D eigenvalue weighted by atomic mass is 9.94. The molecule has 5 heteroatoms. The van der Waals surface area contributed by atoms with Gasteiger partial charge in [-0.15, -0.1) is 0 Å². The highest BCUT2D eigenvalue weighted by Crippen LogP contribution is 2.27. The van der Waals surface area contributed by atoms with E-state index in [9.17, 15) is 14.7 Å². The quantitative estimate of drug-likeness (QED) is 0.281. The van der Waals surface area contributed by atoms with Crippen molar-refractivity contribution in [2.75, 3.05) is 13.7 Å². The fourth-order valence-corrected chi connectivity index (χ4v) is 4.44. The van der Waals surface area contributed by atoms with Crippen molar-refractivity contribution in [3.63, 3.8) is 0 Å². The average molecular weight is 494 g/mol. The molecule has 5 nitrogen and oxygen atoms in total. The van der Waals surface area contributed by atoms with Crippen molar-refractivity contribution in [1.82, 2.24) is 4.90 Å². The number of ether oxygens (including phenoxy) is 1. The number of carbonyl (C=O) groups is 2. The number of aliphatic carboxylic acids is 1. The number of hydrogen-bond acceptors (Lipinski definition) is 3. The molecule has 0 aromatic heterocycles. The summed E-state index contributed by atoms with van der Waals surface area (Å²) in [5, 5.41) is 9.53. The summed E-state index contributed by atoms with van der Waals surface area (Å²) >= 11 is 0. The van der Waals surface area contributed by atoms with Crippen molar-refractivity contribution in [1.29, 1.82) is 0 Å². The Labute approximate surface area is 218 Å². The van der Waals surface area contributed by atoms with Crippen LogP contribution >= 0.6 is 0 Å². The molecule has 0 fully saturated rings.